The van der Waals surface area contributed by atoms with Gasteiger partial charge in [-0.25, -0.2) is 12.8 Å². The molecule has 0 aliphatic carbocycles. The minimum Gasteiger partial charge on any atom is -0.379 e. The topological polar surface area (TPSA) is 66.9 Å². The summed E-state index contributed by atoms with van der Waals surface area (Å²) in [6.07, 6.45) is 0. The predicted octanol–water partition coefficient (Wildman–Crippen LogP) is 3.69. The van der Waals surface area contributed by atoms with Crippen molar-refractivity contribution in [3.05, 3.63) is 95.8 Å². The van der Waals surface area contributed by atoms with Crippen molar-refractivity contribution in [1.29, 1.82) is 0 Å². The normalized spacial score (nSPS) is 14.8. The van der Waals surface area contributed by atoms with Crippen molar-refractivity contribution < 1.29 is 22.3 Å². The Labute approximate surface area is 186 Å². The van der Waals surface area contributed by atoms with Crippen molar-refractivity contribution in [2.45, 2.75) is 11.4 Å². The summed E-state index contributed by atoms with van der Waals surface area (Å²) in [4.78, 5) is 14.5. The molecule has 0 atom stereocenters. The van der Waals surface area contributed by atoms with Gasteiger partial charge in [-0.2, -0.15) is 4.31 Å². The Morgan fingerprint density at radius 2 is 1.56 bits per heavy atom. The summed E-state index contributed by atoms with van der Waals surface area (Å²) in [6, 6.07) is 22.0. The van der Waals surface area contributed by atoms with E-state index in [0.29, 0.717) is 5.69 Å². The molecule has 0 N–H and O–H groups in total. The second-order valence-electron chi connectivity index (χ2n) is 7.37. The number of carbonyl (C=O) groups excluding carboxylic acids is 1. The Hall–Kier alpha value is -3.07. The highest BCUT2D eigenvalue weighted by Crippen LogP contribution is 2.25. The zero-order chi connectivity index (χ0) is 22.6. The van der Waals surface area contributed by atoms with Crippen LogP contribution < -0.4 is 4.90 Å². The minimum absolute atomic E-state index is 0.0954. The van der Waals surface area contributed by atoms with Crippen LogP contribution in [0.2, 0.25) is 0 Å². The Bertz CT molecular complexity index is 1180. The van der Waals surface area contributed by atoms with Gasteiger partial charge < -0.3 is 9.64 Å². The fourth-order valence-electron chi connectivity index (χ4n) is 3.57. The molecular weight excluding hydrogens is 431 g/mol. The first-order valence-electron chi connectivity index (χ1n) is 10.2. The molecule has 32 heavy (non-hydrogen) atoms. The zero-order valence-corrected chi connectivity index (χ0v) is 18.2. The zero-order valence-electron chi connectivity index (χ0n) is 17.4. The number of para-hydroxylation sites is 1. The number of amides is 1. The summed E-state index contributed by atoms with van der Waals surface area (Å²) >= 11 is 0. The highest BCUT2D eigenvalue weighted by Gasteiger charge is 2.30. The molecule has 0 unspecified atom stereocenters. The summed E-state index contributed by atoms with van der Waals surface area (Å²) in [5.41, 5.74) is 1.66. The average molecular weight is 455 g/mol. The fourth-order valence-corrected chi connectivity index (χ4v) is 5.07. The highest BCUT2D eigenvalue weighted by molar-refractivity contribution is 7.89. The lowest BCUT2D eigenvalue weighted by Gasteiger charge is -2.27. The monoisotopic (exact) mass is 454 g/mol. The van der Waals surface area contributed by atoms with E-state index in [2.05, 4.69) is 0 Å². The lowest BCUT2D eigenvalue weighted by atomic mass is 10.1. The van der Waals surface area contributed by atoms with Crippen LogP contribution in [-0.4, -0.2) is 44.9 Å². The molecule has 0 bridgehead atoms. The Morgan fingerprint density at radius 1 is 0.938 bits per heavy atom. The van der Waals surface area contributed by atoms with Crippen molar-refractivity contribution >= 4 is 21.6 Å². The number of hydrogen-bond acceptors (Lipinski definition) is 4. The van der Waals surface area contributed by atoms with Gasteiger partial charge in [0.25, 0.3) is 5.91 Å². The second-order valence-corrected chi connectivity index (χ2v) is 9.28. The molecule has 0 saturated carbocycles. The summed E-state index contributed by atoms with van der Waals surface area (Å²) in [5, 5.41) is 0. The molecule has 3 aromatic rings. The van der Waals surface area contributed by atoms with Gasteiger partial charge in [0.15, 0.2) is 0 Å². The molecule has 1 aliphatic heterocycles. The van der Waals surface area contributed by atoms with Crippen molar-refractivity contribution in [1.82, 2.24) is 4.31 Å². The molecule has 0 radical (unpaired) electrons. The number of carbonyl (C=O) groups is 1. The van der Waals surface area contributed by atoms with Gasteiger partial charge in [0, 0.05) is 24.3 Å². The second kappa shape index (κ2) is 9.60. The van der Waals surface area contributed by atoms with Gasteiger partial charge in [0.1, 0.15) is 10.7 Å². The number of nitrogens with zero attached hydrogens (tertiary/aromatic N) is 2. The smallest absolute Gasteiger partial charge is 0.258 e. The summed E-state index contributed by atoms with van der Waals surface area (Å²) in [6.45, 7) is 1.07. The molecule has 166 valence electrons. The molecule has 4 rings (SSSR count). The van der Waals surface area contributed by atoms with Crippen LogP contribution >= 0.6 is 0 Å². The fraction of sp³-hybridized carbons (Fsp3) is 0.208. The third kappa shape index (κ3) is 4.72. The highest BCUT2D eigenvalue weighted by atomic mass is 32.2. The number of sulfonamides is 1. The summed E-state index contributed by atoms with van der Waals surface area (Å²) < 4.78 is 47.0. The maximum atomic E-state index is 14.6. The molecule has 1 fully saturated rings. The maximum absolute atomic E-state index is 14.6. The third-order valence-electron chi connectivity index (χ3n) is 5.26. The van der Waals surface area contributed by atoms with E-state index in [0.717, 1.165) is 17.7 Å². The van der Waals surface area contributed by atoms with Crippen molar-refractivity contribution in [2.24, 2.45) is 0 Å². The minimum atomic E-state index is -4.09. The quantitative estimate of drug-likeness (QED) is 0.570. The number of ether oxygens (including phenoxy) is 1. The molecule has 1 heterocycles. The number of halogens is 1. The molecular formula is C24H23FN2O4S. The number of rotatable bonds is 6. The first-order valence-corrected chi connectivity index (χ1v) is 11.7. The molecule has 3 aromatic carbocycles. The lowest BCUT2D eigenvalue weighted by Crippen LogP contribution is -2.41. The van der Waals surface area contributed by atoms with Gasteiger partial charge in [0.2, 0.25) is 10.0 Å². The lowest BCUT2D eigenvalue weighted by molar-refractivity contribution is 0.0729. The van der Waals surface area contributed by atoms with Gasteiger partial charge in [-0.1, -0.05) is 48.5 Å². The van der Waals surface area contributed by atoms with Crippen molar-refractivity contribution in [2.75, 3.05) is 31.2 Å². The van der Waals surface area contributed by atoms with E-state index in [1.54, 1.807) is 17.0 Å². The SMILES string of the molecule is O=C(c1ccc(F)c(S(=O)(=O)N2CCOCC2)c1)N(Cc1ccccc1)c1ccccc1. The molecule has 6 nitrogen and oxygen atoms in total. The first kappa shape index (κ1) is 22.1. The number of anilines is 1. The number of hydrogen-bond donors (Lipinski definition) is 0. The van der Waals surface area contributed by atoms with Gasteiger partial charge >= 0.3 is 0 Å². The van der Waals surface area contributed by atoms with E-state index in [-0.39, 0.29) is 38.4 Å². The molecule has 1 aliphatic rings. The average Bonchev–Trinajstić information content (AvgIpc) is 2.84. The molecule has 0 spiro atoms. The van der Waals surface area contributed by atoms with Crippen LogP contribution in [0.5, 0.6) is 0 Å². The van der Waals surface area contributed by atoms with E-state index in [9.17, 15) is 17.6 Å². The van der Waals surface area contributed by atoms with E-state index >= 15 is 0 Å². The molecule has 8 heteroatoms. The largest absolute Gasteiger partial charge is 0.379 e. The molecule has 0 aromatic heterocycles. The number of benzene rings is 3. The Morgan fingerprint density at radius 3 is 2.22 bits per heavy atom. The standard InChI is InChI=1S/C24H23FN2O4S/c25-22-12-11-20(17-23(22)32(29,30)26-13-15-31-16-14-26)24(28)27(21-9-5-2-6-10-21)18-19-7-3-1-4-8-19/h1-12,17H,13-16,18H2. The van der Waals surface area contributed by atoms with E-state index in [1.165, 1.54) is 10.4 Å². The van der Waals surface area contributed by atoms with Gasteiger partial charge in [-0.05, 0) is 35.9 Å². The van der Waals surface area contributed by atoms with Crippen LogP contribution in [-0.2, 0) is 21.3 Å². The first-order chi connectivity index (χ1) is 15.5. The van der Waals surface area contributed by atoms with Crippen LogP contribution in [0.4, 0.5) is 10.1 Å². The Kier molecular flexibility index (Phi) is 6.64. The Balaban J connectivity index is 1.70. The van der Waals surface area contributed by atoms with Crippen molar-refractivity contribution in [3.63, 3.8) is 0 Å². The summed E-state index contributed by atoms with van der Waals surface area (Å²) in [7, 11) is -4.09. The van der Waals surface area contributed by atoms with E-state index in [4.69, 9.17) is 4.74 Å². The summed E-state index contributed by atoms with van der Waals surface area (Å²) in [5.74, 6) is -1.30. The number of morpholine rings is 1. The molecule has 1 amide bonds. The van der Waals surface area contributed by atoms with Crippen LogP contribution in [0.1, 0.15) is 15.9 Å². The van der Waals surface area contributed by atoms with Gasteiger partial charge in [-0.3, -0.25) is 4.79 Å². The van der Waals surface area contributed by atoms with Crippen LogP contribution in [0.3, 0.4) is 0 Å². The maximum Gasteiger partial charge on any atom is 0.258 e. The van der Waals surface area contributed by atoms with Crippen LogP contribution in [0.15, 0.2) is 83.8 Å². The van der Waals surface area contributed by atoms with Crippen LogP contribution in [0, 0.1) is 5.82 Å². The third-order valence-corrected chi connectivity index (χ3v) is 7.18. The van der Waals surface area contributed by atoms with Crippen molar-refractivity contribution in [3.8, 4) is 0 Å². The van der Waals surface area contributed by atoms with E-state index < -0.39 is 26.6 Å². The van der Waals surface area contributed by atoms with Gasteiger partial charge in [-0.15, -0.1) is 0 Å². The molecule has 1 saturated heterocycles. The predicted molar refractivity (Wildman–Crippen MR) is 119 cm³/mol. The van der Waals surface area contributed by atoms with Crippen LogP contribution in [0.25, 0.3) is 0 Å². The van der Waals surface area contributed by atoms with E-state index in [1.807, 2.05) is 48.5 Å². The van der Waals surface area contributed by atoms with Gasteiger partial charge in [0.05, 0.1) is 19.8 Å².